The third kappa shape index (κ3) is 2.66. The van der Waals surface area contributed by atoms with Crippen LogP contribution in [0, 0.1) is 0 Å². The van der Waals surface area contributed by atoms with Crippen LogP contribution in [0.2, 0.25) is 0 Å². The van der Waals surface area contributed by atoms with Crippen molar-refractivity contribution in [2.75, 3.05) is 18.6 Å². The highest BCUT2D eigenvalue weighted by Crippen LogP contribution is 2.24. The van der Waals surface area contributed by atoms with Gasteiger partial charge in [0.2, 0.25) is 5.91 Å². The molecule has 1 aromatic carbocycles. The first-order chi connectivity index (χ1) is 9.17. The van der Waals surface area contributed by atoms with E-state index in [1.807, 2.05) is 0 Å². The van der Waals surface area contributed by atoms with Gasteiger partial charge in [0, 0.05) is 6.54 Å². The number of hydrogen-bond donors (Lipinski definition) is 1. The van der Waals surface area contributed by atoms with E-state index >= 15 is 0 Å². The molecule has 0 bridgehead atoms. The van der Waals surface area contributed by atoms with Crippen LogP contribution in [0.25, 0.3) is 0 Å². The highest BCUT2D eigenvalue weighted by Gasteiger charge is 2.38. The molecular weight excluding hydrogens is 244 g/mol. The molecule has 100 valence electrons. The number of rotatable bonds is 5. The summed E-state index contributed by atoms with van der Waals surface area (Å²) in [6.07, 6.45) is 1.84. The summed E-state index contributed by atoms with van der Waals surface area (Å²) in [6.45, 7) is 4.08. The van der Waals surface area contributed by atoms with Crippen molar-refractivity contribution in [2.45, 2.75) is 12.5 Å². The minimum absolute atomic E-state index is 0.179. The zero-order chi connectivity index (χ0) is 13.8. The Morgan fingerprint density at radius 2 is 2.11 bits per heavy atom. The van der Waals surface area contributed by atoms with Gasteiger partial charge in [0.25, 0.3) is 5.91 Å². The average Bonchev–Trinajstić information content (AvgIpc) is 2.71. The Kier molecular flexibility index (Phi) is 3.97. The van der Waals surface area contributed by atoms with Crippen molar-refractivity contribution in [3.63, 3.8) is 0 Å². The highest BCUT2D eigenvalue weighted by molar-refractivity contribution is 6.22. The van der Waals surface area contributed by atoms with Gasteiger partial charge < -0.3 is 10.1 Å². The molecule has 1 atom stereocenters. The number of imide groups is 1. The van der Waals surface area contributed by atoms with E-state index in [0.29, 0.717) is 18.0 Å². The van der Waals surface area contributed by atoms with E-state index in [1.54, 1.807) is 37.5 Å². The summed E-state index contributed by atoms with van der Waals surface area (Å²) in [5.74, 6) is 0.262. The third-order valence-electron chi connectivity index (χ3n) is 2.99. The first kappa shape index (κ1) is 13.3. The molecule has 5 heteroatoms. The first-order valence-corrected chi connectivity index (χ1v) is 6.02. The Bertz CT molecular complexity index is 496. The van der Waals surface area contributed by atoms with Gasteiger partial charge in [0.1, 0.15) is 5.75 Å². The van der Waals surface area contributed by atoms with Crippen LogP contribution in [0.5, 0.6) is 5.75 Å². The second-order valence-electron chi connectivity index (χ2n) is 4.22. The van der Waals surface area contributed by atoms with Crippen molar-refractivity contribution in [1.29, 1.82) is 0 Å². The molecule has 2 amide bonds. The van der Waals surface area contributed by atoms with E-state index in [1.165, 1.54) is 4.90 Å². The Hall–Kier alpha value is -2.14. The summed E-state index contributed by atoms with van der Waals surface area (Å²) in [5.41, 5.74) is 0.568. The summed E-state index contributed by atoms with van der Waals surface area (Å²) >= 11 is 0. The SMILES string of the molecule is C=CCNC1CC(=O)N(c2ccc(OC)cc2)C1=O. The Morgan fingerprint density at radius 3 is 2.68 bits per heavy atom. The van der Waals surface area contributed by atoms with Crippen molar-refractivity contribution in [1.82, 2.24) is 5.32 Å². The molecule has 19 heavy (non-hydrogen) atoms. The van der Waals surface area contributed by atoms with Gasteiger partial charge in [-0.05, 0) is 24.3 Å². The molecule has 0 aromatic heterocycles. The molecule has 0 saturated carbocycles. The van der Waals surface area contributed by atoms with Crippen molar-refractivity contribution in [2.24, 2.45) is 0 Å². The Labute approximate surface area is 111 Å². The second-order valence-corrected chi connectivity index (χ2v) is 4.22. The quantitative estimate of drug-likeness (QED) is 0.636. The zero-order valence-electron chi connectivity index (χ0n) is 10.8. The summed E-state index contributed by atoms with van der Waals surface area (Å²) in [5, 5.41) is 2.98. The topological polar surface area (TPSA) is 58.6 Å². The number of amides is 2. The second kappa shape index (κ2) is 5.67. The summed E-state index contributed by atoms with van der Waals surface area (Å²) < 4.78 is 5.05. The smallest absolute Gasteiger partial charge is 0.251 e. The van der Waals surface area contributed by atoms with Gasteiger partial charge in [-0.25, -0.2) is 4.90 Å². The van der Waals surface area contributed by atoms with Gasteiger partial charge in [0.15, 0.2) is 0 Å². The predicted octanol–water partition coefficient (Wildman–Crippen LogP) is 1.10. The van der Waals surface area contributed by atoms with E-state index in [-0.39, 0.29) is 18.2 Å². The number of ether oxygens (including phenoxy) is 1. The van der Waals surface area contributed by atoms with Crippen molar-refractivity contribution in [3.05, 3.63) is 36.9 Å². The highest BCUT2D eigenvalue weighted by atomic mass is 16.5. The molecule has 1 unspecified atom stereocenters. The molecular formula is C14H16N2O3. The molecule has 1 fully saturated rings. The lowest BCUT2D eigenvalue weighted by atomic mass is 10.2. The fourth-order valence-electron chi connectivity index (χ4n) is 2.02. The van der Waals surface area contributed by atoms with Crippen molar-refractivity contribution in [3.8, 4) is 5.75 Å². The van der Waals surface area contributed by atoms with Crippen LogP contribution in [0.15, 0.2) is 36.9 Å². The maximum absolute atomic E-state index is 12.2. The van der Waals surface area contributed by atoms with Crippen LogP contribution in [-0.4, -0.2) is 31.5 Å². The fraction of sp³-hybridized carbons (Fsp3) is 0.286. The first-order valence-electron chi connectivity index (χ1n) is 6.02. The Morgan fingerprint density at radius 1 is 1.42 bits per heavy atom. The van der Waals surface area contributed by atoms with Gasteiger partial charge in [-0.15, -0.1) is 6.58 Å². The molecule has 2 rings (SSSR count). The van der Waals surface area contributed by atoms with Crippen molar-refractivity contribution < 1.29 is 14.3 Å². The van der Waals surface area contributed by atoms with Gasteiger partial charge in [0.05, 0.1) is 25.3 Å². The van der Waals surface area contributed by atoms with E-state index in [4.69, 9.17) is 4.74 Å². The Balaban J connectivity index is 2.17. The minimum Gasteiger partial charge on any atom is -0.497 e. The fourth-order valence-corrected chi connectivity index (χ4v) is 2.02. The van der Waals surface area contributed by atoms with Crippen molar-refractivity contribution >= 4 is 17.5 Å². The van der Waals surface area contributed by atoms with E-state index < -0.39 is 6.04 Å². The lowest BCUT2D eigenvalue weighted by Crippen LogP contribution is -2.38. The van der Waals surface area contributed by atoms with Crippen LogP contribution in [-0.2, 0) is 9.59 Å². The lowest BCUT2D eigenvalue weighted by molar-refractivity contribution is -0.121. The van der Waals surface area contributed by atoms with Gasteiger partial charge >= 0.3 is 0 Å². The molecule has 1 saturated heterocycles. The molecule has 0 spiro atoms. The number of carbonyl (C=O) groups is 2. The zero-order valence-corrected chi connectivity index (χ0v) is 10.8. The number of hydrogen-bond acceptors (Lipinski definition) is 4. The number of benzene rings is 1. The number of nitrogens with one attached hydrogen (secondary N) is 1. The van der Waals surface area contributed by atoms with E-state index in [0.717, 1.165) is 0 Å². The molecule has 1 aliphatic heterocycles. The van der Waals surface area contributed by atoms with Crippen LogP contribution >= 0.6 is 0 Å². The van der Waals surface area contributed by atoms with Crippen LogP contribution in [0.4, 0.5) is 5.69 Å². The number of methoxy groups -OCH3 is 1. The van der Waals surface area contributed by atoms with Crippen LogP contribution in [0.3, 0.4) is 0 Å². The monoisotopic (exact) mass is 260 g/mol. The normalized spacial score (nSPS) is 18.8. The molecule has 1 heterocycles. The molecule has 1 aliphatic rings. The van der Waals surface area contributed by atoms with Crippen LogP contribution in [0.1, 0.15) is 6.42 Å². The van der Waals surface area contributed by atoms with Gasteiger partial charge in [-0.1, -0.05) is 6.08 Å². The largest absolute Gasteiger partial charge is 0.497 e. The van der Waals surface area contributed by atoms with Gasteiger partial charge in [-0.2, -0.15) is 0 Å². The lowest BCUT2D eigenvalue weighted by Gasteiger charge is -2.15. The van der Waals surface area contributed by atoms with Crippen LogP contribution < -0.4 is 15.0 Å². The maximum Gasteiger partial charge on any atom is 0.251 e. The molecule has 1 aromatic rings. The third-order valence-corrected chi connectivity index (χ3v) is 2.99. The number of nitrogens with zero attached hydrogens (tertiary/aromatic N) is 1. The summed E-state index contributed by atoms with van der Waals surface area (Å²) in [7, 11) is 1.57. The molecule has 1 N–H and O–H groups in total. The number of carbonyl (C=O) groups excluding carboxylic acids is 2. The standard InChI is InChI=1S/C14H16N2O3/c1-3-8-15-12-9-13(17)16(14(12)18)10-4-6-11(19-2)7-5-10/h3-7,12,15H,1,8-9H2,2H3. The summed E-state index contributed by atoms with van der Waals surface area (Å²) in [4.78, 5) is 25.3. The number of anilines is 1. The predicted molar refractivity (Wildman–Crippen MR) is 72.1 cm³/mol. The van der Waals surface area contributed by atoms with E-state index in [2.05, 4.69) is 11.9 Å². The summed E-state index contributed by atoms with van der Waals surface area (Å²) in [6, 6.07) is 6.38. The minimum atomic E-state index is -0.465. The maximum atomic E-state index is 12.2. The van der Waals surface area contributed by atoms with E-state index in [9.17, 15) is 9.59 Å². The molecule has 5 nitrogen and oxygen atoms in total. The van der Waals surface area contributed by atoms with Gasteiger partial charge in [-0.3, -0.25) is 9.59 Å². The molecule has 0 radical (unpaired) electrons. The average molecular weight is 260 g/mol. The molecule has 0 aliphatic carbocycles.